The van der Waals surface area contributed by atoms with Gasteiger partial charge in [0.2, 0.25) is 0 Å². The number of benzene rings is 1. The number of anilines is 1. The summed E-state index contributed by atoms with van der Waals surface area (Å²) in [5, 5.41) is 7.60. The van der Waals surface area contributed by atoms with E-state index in [1.165, 1.54) is 6.20 Å². The lowest BCUT2D eigenvalue weighted by Gasteiger charge is -2.11. The second-order valence-corrected chi connectivity index (χ2v) is 8.70. The number of hydrogen-bond acceptors (Lipinski definition) is 4. The maximum absolute atomic E-state index is 12.5. The molecule has 24 heavy (non-hydrogen) atoms. The lowest BCUT2D eigenvalue weighted by molar-refractivity contribution is 0.102. The molecule has 1 aliphatic rings. The summed E-state index contributed by atoms with van der Waals surface area (Å²) >= 11 is 6.07. The van der Waals surface area contributed by atoms with Crippen LogP contribution in [0.5, 0.6) is 0 Å². The van der Waals surface area contributed by atoms with Gasteiger partial charge < -0.3 is 5.32 Å². The third-order valence-corrected chi connectivity index (χ3v) is 6.43. The Bertz CT molecular complexity index is 905. The highest BCUT2D eigenvalue weighted by atomic mass is 35.5. The molecule has 1 fully saturated rings. The van der Waals surface area contributed by atoms with Crippen molar-refractivity contribution in [2.24, 2.45) is 0 Å². The van der Waals surface area contributed by atoms with E-state index in [-0.39, 0.29) is 23.5 Å². The molecule has 3 rings (SSSR count). The first-order valence-electron chi connectivity index (χ1n) is 7.59. The topological polar surface area (TPSA) is 81.1 Å². The Morgan fingerprint density at radius 2 is 2.12 bits per heavy atom. The fourth-order valence-electron chi connectivity index (χ4n) is 2.85. The number of carbonyl (C=O) groups excluding carboxylic acids is 1. The quantitative estimate of drug-likeness (QED) is 0.904. The number of rotatable bonds is 3. The molecule has 2 heterocycles. The molecule has 1 atom stereocenters. The van der Waals surface area contributed by atoms with Gasteiger partial charge in [0.1, 0.15) is 0 Å². The first-order chi connectivity index (χ1) is 11.3. The van der Waals surface area contributed by atoms with Crippen molar-refractivity contribution >= 4 is 33.0 Å². The Kier molecular flexibility index (Phi) is 4.40. The molecule has 1 aliphatic heterocycles. The van der Waals surface area contributed by atoms with E-state index in [1.54, 1.807) is 23.7 Å². The van der Waals surface area contributed by atoms with Crippen LogP contribution in [0.3, 0.4) is 0 Å². The normalized spacial score (nSPS) is 19.4. The van der Waals surface area contributed by atoms with E-state index in [0.29, 0.717) is 28.4 Å². The maximum Gasteiger partial charge on any atom is 0.259 e. The van der Waals surface area contributed by atoms with Crippen LogP contribution in [0.4, 0.5) is 5.69 Å². The largest absolute Gasteiger partial charge is 0.322 e. The Balaban J connectivity index is 1.80. The van der Waals surface area contributed by atoms with E-state index in [4.69, 9.17) is 11.6 Å². The molecule has 0 saturated carbocycles. The Morgan fingerprint density at radius 1 is 1.38 bits per heavy atom. The van der Waals surface area contributed by atoms with Crippen LogP contribution in [-0.4, -0.2) is 35.6 Å². The zero-order chi connectivity index (χ0) is 17.5. The van der Waals surface area contributed by atoms with Crippen LogP contribution in [0.1, 0.15) is 34.1 Å². The standard InChI is InChI=1S/C16H18ClN3O3S/c1-10-3-4-12(7-15(10)17)19-16(21)14-8-18-20(11(14)2)13-5-6-24(22,23)9-13/h3-4,7-8,13H,5-6,9H2,1-2H3,(H,19,21). The molecule has 1 N–H and O–H groups in total. The van der Waals surface area contributed by atoms with Crippen molar-refractivity contribution in [3.8, 4) is 0 Å². The van der Waals surface area contributed by atoms with Crippen LogP contribution < -0.4 is 5.32 Å². The number of sulfone groups is 1. The Morgan fingerprint density at radius 3 is 2.75 bits per heavy atom. The molecule has 1 aromatic carbocycles. The van der Waals surface area contributed by atoms with E-state index in [0.717, 1.165) is 5.56 Å². The van der Waals surface area contributed by atoms with Gasteiger partial charge in [-0.2, -0.15) is 5.10 Å². The third-order valence-electron chi connectivity index (χ3n) is 4.27. The van der Waals surface area contributed by atoms with Crippen molar-refractivity contribution in [1.29, 1.82) is 0 Å². The summed E-state index contributed by atoms with van der Waals surface area (Å²) in [4.78, 5) is 12.5. The second-order valence-electron chi connectivity index (χ2n) is 6.06. The zero-order valence-corrected chi connectivity index (χ0v) is 15.0. The molecule has 0 radical (unpaired) electrons. The van der Waals surface area contributed by atoms with Crippen molar-refractivity contribution in [2.45, 2.75) is 26.3 Å². The van der Waals surface area contributed by atoms with Crippen molar-refractivity contribution in [3.63, 3.8) is 0 Å². The minimum Gasteiger partial charge on any atom is -0.322 e. The van der Waals surface area contributed by atoms with Gasteiger partial charge in [-0.25, -0.2) is 8.42 Å². The van der Waals surface area contributed by atoms with Gasteiger partial charge in [-0.15, -0.1) is 0 Å². The number of aromatic nitrogens is 2. The first-order valence-corrected chi connectivity index (χ1v) is 9.79. The highest BCUT2D eigenvalue weighted by molar-refractivity contribution is 7.91. The lowest BCUT2D eigenvalue weighted by atomic mass is 10.2. The predicted octanol–water partition coefficient (Wildman–Crippen LogP) is 2.77. The molecule has 1 saturated heterocycles. The van der Waals surface area contributed by atoms with Gasteiger partial charge in [0.05, 0.1) is 29.3 Å². The molecule has 8 heteroatoms. The van der Waals surface area contributed by atoms with Gasteiger partial charge in [0.15, 0.2) is 9.84 Å². The van der Waals surface area contributed by atoms with Gasteiger partial charge in [-0.1, -0.05) is 17.7 Å². The molecule has 6 nitrogen and oxygen atoms in total. The van der Waals surface area contributed by atoms with Crippen LogP contribution in [0.15, 0.2) is 24.4 Å². The lowest BCUT2D eigenvalue weighted by Crippen LogP contribution is -2.16. The number of aryl methyl sites for hydroxylation is 1. The molecule has 1 aromatic heterocycles. The third kappa shape index (κ3) is 3.32. The second kappa shape index (κ2) is 6.22. The Hall–Kier alpha value is -1.86. The molecule has 1 amide bonds. The zero-order valence-electron chi connectivity index (χ0n) is 13.4. The van der Waals surface area contributed by atoms with Gasteiger partial charge in [0, 0.05) is 16.4 Å². The van der Waals surface area contributed by atoms with Crippen molar-refractivity contribution in [1.82, 2.24) is 9.78 Å². The highest BCUT2D eigenvalue weighted by Gasteiger charge is 2.31. The fraction of sp³-hybridized carbons (Fsp3) is 0.375. The molecular formula is C16H18ClN3O3S. The number of hydrogen-bond donors (Lipinski definition) is 1. The summed E-state index contributed by atoms with van der Waals surface area (Å²) in [5.41, 5.74) is 2.62. The number of carbonyl (C=O) groups is 1. The van der Waals surface area contributed by atoms with Gasteiger partial charge >= 0.3 is 0 Å². The molecule has 0 bridgehead atoms. The number of halogens is 1. The molecule has 1 unspecified atom stereocenters. The monoisotopic (exact) mass is 367 g/mol. The van der Waals surface area contributed by atoms with Gasteiger partial charge in [-0.05, 0) is 38.0 Å². The van der Waals surface area contributed by atoms with Crippen molar-refractivity contribution in [2.75, 3.05) is 16.8 Å². The van der Waals surface area contributed by atoms with Gasteiger partial charge in [-0.3, -0.25) is 9.48 Å². The minimum absolute atomic E-state index is 0.0736. The van der Waals surface area contributed by atoms with E-state index in [2.05, 4.69) is 10.4 Å². The maximum atomic E-state index is 12.5. The van der Waals surface area contributed by atoms with Crippen LogP contribution in [0.2, 0.25) is 5.02 Å². The average molecular weight is 368 g/mol. The van der Waals surface area contributed by atoms with Crippen LogP contribution >= 0.6 is 11.6 Å². The summed E-state index contributed by atoms with van der Waals surface area (Å²) in [6.07, 6.45) is 2.00. The van der Waals surface area contributed by atoms with Crippen LogP contribution in [0.25, 0.3) is 0 Å². The molecular weight excluding hydrogens is 350 g/mol. The fourth-order valence-corrected chi connectivity index (χ4v) is 4.72. The molecule has 128 valence electrons. The van der Waals surface area contributed by atoms with Gasteiger partial charge in [0.25, 0.3) is 5.91 Å². The van der Waals surface area contributed by atoms with E-state index in [9.17, 15) is 13.2 Å². The van der Waals surface area contributed by atoms with Crippen LogP contribution in [0, 0.1) is 13.8 Å². The minimum atomic E-state index is -3.00. The van der Waals surface area contributed by atoms with E-state index in [1.807, 2.05) is 13.0 Å². The van der Waals surface area contributed by atoms with Crippen molar-refractivity contribution in [3.05, 3.63) is 46.2 Å². The van der Waals surface area contributed by atoms with Crippen LogP contribution in [-0.2, 0) is 9.84 Å². The highest BCUT2D eigenvalue weighted by Crippen LogP contribution is 2.26. The predicted molar refractivity (Wildman–Crippen MR) is 93.4 cm³/mol. The molecule has 0 spiro atoms. The first kappa shape index (κ1) is 17.0. The Labute approximate surface area is 145 Å². The van der Waals surface area contributed by atoms with E-state index < -0.39 is 9.84 Å². The summed E-state index contributed by atoms with van der Waals surface area (Å²) in [6.45, 7) is 3.66. The summed E-state index contributed by atoms with van der Waals surface area (Å²) < 4.78 is 24.9. The smallest absolute Gasteiger partial charge is 0.259 e. The SMILES string of the molecule is Cc1ccc(NC(=O)c2cnn(C3CCS(=O)(=O)C3)c2C)cc1Cl. The molecule has 2 aromatic rings. The van der Waals surface area contributed by atoms with E-state index >= 15 is 0 Å². The summed E-state index contributed by atoms with van der Waals surface area (Å²) in [7, 11) is -3.00. The average Bonchev–Trinajstić information content (AvgIpc) is 3.05. The number of nitrogens with one attached hydrogen (secondary N) is 1. The summed E-state index contributed by atoms with van der Waals surface area (Å²) in [5.74, 6) is -0.0515. The number of amides is 1. The number of nitrogens with zero attached hydrogens (tertiary/aromatic N) is 2. The summed E-state index contributed by atoms with van der Waals surface area (Å²) in [6, 6.07) is 5.10. The molecule has 0 aliphatic carbocycles. The van der Waals surface area contributed by atoms with Crippen molar-refractivity contribution < 1.29 is 13.2 Å².